The van der Waals surface area contributed by atoms with Gasteiger partial charge in [-0.1, -0.05) is 13.0 Å². The molecule has 0 radical (unpaired) electrons. The van der Waals surface area contributed by atoms with Crippen LogP contribution in [0.15, 0.2) is 53.7 Å². The third kappa shape index (κ3) is 5.18. The van der Waals surface area contributed by atoms with Crippen LogP contribution in [-0.4, -0.2) is 42.6 Å². The van der Waals surface area contributed by atoms with Gasteiger partial charge >= 0.3 is 0 Å². The molecule has 1 aromatic carbocycles. The molecular formula is C20H24N4O4S. The molecular weight excluding hydrogens is 392 g/mol. The fourth-order valence-corrected chi connectivity index (χ4v) is 4.61. The Bertz CT molecular complexity index is 971. The molecule has 9 heteroatoms. The van der Waals surface area contributed by atoms with E-state index in [1.54, 1.807) is 37.3 Å². The van der Waals surface area contributed by atoms with E-state index in [2.05, 4.69) is 15.6 Å². The number of sulfonamides is 1. The molecule has 29 heavy (non-hydrogen) atoms. The lowest BCUT2D eigenvalue weighted by Gasteiger charge is -2.30. The third-order valence-electron chi connectivity index (χ3n) is 4.83. The summed E-state index contributed by atoms with van der Waals surface area (Å²) in [6.45, 7) is 2.33. The molecule has 2 aromatic rings. The van der Waals surface area contributed by atoms with Gasteiger partial charge in [-0.2, -0.15) is 4.31 Å². The van der Waals surface area contributed by atoms with Gasteiger partial charge in [0.15, 0.2) is 0 Å². The van der Waals surface area contributed by atoms with Gasteiger partial charge in [-0.15, -0.1) is 0 Å². The van der Waals surface area contributed by atoms with Gasteiger partial charge in [0.05, 0.1) is 0 Å². The molecule has 1 saturated heterocycles. The van der Waals surface area contributed by atoms with Crippen LogP contribution in [0.5, 0.6) is 0 Å². The summed E-state index contributed by atoms with van der Waals surface area (Å²) in [6, 6.07) is 10.1. The zero-order valence-electron chi connectivity index (χ0n) is 16.2. The van der Waals surface area contributed by atoms with Crippen LogP contribution in [0.1, 0.15) is 26.2 Å². The van der Waals surface area contributed by atoms with Crippen molar-refractivity contribution in [1.82, 2.24) is 9.29 Å². The van der Waals surface area contributed by atoms with Gasteiger partial charge in [0.2, 0.25) is 21.8 Å². The number of anilines is 2. The van der Waals surface area contributed by atoms with E-state index in [0.29, 0.717) is 30.6 Å². The van der Waals surface area contributed by atoms with Crippen LogP contribution >= 0.6 is 0 Å². The fourth-order valence-electron chi connectivity index (χ4n) is 3.18. The zero-order valence-corrected chi connectivity index (χ0v) is 17.0. The second kappa shape index (κ2) is 9.15. The number of piperidine rings is 1. The molecule has 2 N–H and O–H groups in total. The molecule has 0 aliphatic carbocycles. The molecule has 2 heterocycles. The van der Waals surface area contributed by atoms with E-state index in [0.717, 1.165) is 0 Å². The highest BCUT2D eigenvalue weighted by Crippen LogP contribution is 2.25. The van der Waals surface area contributed by atoms with E-state index in [1.165, 1.54) is 22.8 Å². The first-order chi connectivity index (χ1) is 13.9. The van der Waals surface area contributed by atoms with Crippen molar-refractivity contribution in [3.05, 3.63) is 48.8 Å². The highest BCUT2D eigenvalue weighted by molar-refractivity contribution is 7.89. The predicted octanol–water partition coefficient (Wildman–Crippen LogP) is 2.47. The Kier molecular flexibility index (Phi) is 6.60. The van der Waals surface area contributed by atoms with Crippen LogP contribution in [0.2, 0.25) is 0 Å². The number of amides is 2. The number of pyridine rings is 1. The maximum atomic E-state index is 12.7. The molecule has 0 spiro atoms. The molecule has 154 valence electrons. The minimum absolute atomic E-state index is 0.101. The van der Waals surface area contributed by atoms with E-state index in [-0.39, 0.29) is 35.7 Å². The van der Waals surface area contributed by atoms with Crippen LogP contribution in [0, 0.1) is 5.92 Å². The normalized spacial score (nSPS) is 15.6. The summed E-state index contributed by atoms with van der Waals surface area (Å²) in [4.78, 5) is 28.2. The van der Waals surface area contributed by atoms with Crippen molar-refractivity contribution in [2.45, 2.75) is 31.1 Å². The van der Waals surface area contributed by atoms with Gasteiger partial charge < -0.3 is 10.6 Å². The molecule has 8 nitrogen and oxygen atoms in total. The summed E-state index contributed by atoms with van der Waals surface area (Å²) in [5.74, 6) is -0.526. The molecule has 2 amide bonds. The molecule has 1 fully saturated rings. The lowest BCUT2D eigenvalue weighted by atomic mass is 9.97. The molecule has 3 rings (SSSR count). The first-order valence-electron chi connectivity index (χ1n) is 9.51. The van der Waals surface area contributed by atoms with Crippen molar-refractivity contribution >= 4 is 33.2 Å². The Hall–Kier alpha value is -2.78. The van der Waals surface area contributed by atoms with Crippen LogP contribution in [0.4, 0.5) is 11.4 Å². The minimum atomic E-state index is -3.59. The van der Waals surface area contributed by atoms with Crippen molar-refractivity contribution in [2.75, 3.05) is 23.7 Å². The Morgan fingerprint density at radius 2 is 1.79 bits per heavy atom. The molecule has 0 saturated carbocycles. The summed E-state index contributed by atoms with van der Waals surface area (Å²) < 4.78 is 26.7. The number of carbonyl (C=O) groups excluding carboxylic acids is 2. The van der Waals surface area contributed by atoms with Gasteiger partial charge in [-0.3, -0.25) is 14.6 Å². The summed E-state index contributed by atoms with van der Waals surface area (Å²) >= 11 is 0. The van der Waals surface area contributed by atoms with Gasteiger partial charge in [0, 0.05) is 49.2 Å². The van der Waals surface area contributed by atoms with Crippen LogP contribution in [-0.2, 0) is 19.6 Å². The summed E-state index contributed by atoms with van der Waals surface area (Å²) in [5, 5.41) is 5.61. The number of nitrogens with zero attached hydrogens (tertiary/aromatic N) is 2. The summed E-state index contributed by atoms with van der Waals surface area (Å²) in [5.41, 5.74) is 1.21. The van der Waals surface area contributed by atoms with Crippen molar-refractivity contribution in [1.29, 1.82) is 0 Å². The van der Waals surface area contributed by atoms with Crippen LogP contribution in [0.25, 0.3) is 0 Å². The fraction of sp³-hybridized carbons (Fsp3) is 0.350. The predicted molar refractivity (Wildman–Crippen MR) is 110 cm³/mol. The Balaban J connectivity index is 1.58. The average molecular weight is 417 g/mol. The quantitative estimate of drug-likeness (QED) is 0.752. The van der Waals surface area contributed by atoms with Gasteiger partial charge in [-0.25, -0.2) is 8.42 Å². The van der Waals surface area contributed by atoms with Crippen LogP contribution < -0.4 is 10.6 Å². The molecule has 1 aromatic heterocycles. The van der Waals surface area contributed by atoms with Crippen molar-refractivity contribution < 1.29 is 18.0 Å². The number of benzene rings is 1. The van der Waals surface area contributed by atoms with Crippen LogP contribution in [0.3, 0.4) is 0 Å². The van der Waals surface area contributed by atoms with E-state index in [1.807, 2.05) is 0 Å². The first-order valence-corrected chi connectivity index (χ1v) is 10.9. The van der Waals surface area contributed by atoms with E-state index in [9.17, 15) is 18.0 Å². The number of aromatic nitrogens is 1. The average Bonchev–Trinajstić information content (AvgIpc) is 2.74. The Morgan fingerprint density at radius 3 is 2.41 bits per heavy atom. The zero-order chi connectivity index (χ0) is 20.9. The number of carbonyl (C=O) groups is 2. The van der Waals surface area contributed by atoms with Crippen molar-refractivity contribution in [3.8, 4) is 0 Å². The van der Waals surface area contributed by atoms with Gasteiger partial charge in [-0.05, 0) is 43.2 Å². The number of hydrogen-bond acceptors (Lipinski definition) is 5. The third-order valence-corrected chi connectivity index (χ3v) is 6.71. The van der Waals surface area contributed by atoms with Crippen molar-refractivity contribution in [2.24, 2.45) is 5.92 Å². The van der Waals surface area contributed by atoms with E-state index in [4.69, 9.17) is 0 Å². The number of nitrogens with one attached hydrogen (secondary N) is 2. The van der Waals surface area contributed by atoms with Gasteiger partial charge in [0.1, 0.15) is 4.90 Å². The maximum absolute atomic E-state index is 12.7. The number of hydrogen-bond donors (Lipinski definition) is 2. The highest BCUT2D eigenvalue weighted by Gasteiger charge is 2.32. The Labute approximate surface area is 170 Å². The van der Waals surface area contributed by atoms with E-state index >= 15 is 0 Å². The van der Waals surface area contributed by atoms with Gasteiger partial charge in [0.25, 0.3) is 0 Å². The smallest absolute Gasteiger partial charge is 0.244 e. The standard InChI is InChI=1S/C20H24N4O4S/c1-2-19(25)22-16-5-3-6-17(13-16)23-20(26)15-8-11-24(12-9-15)29(27,28)18-7-4-10-21-14-18/h3-7,10,13-15H,2,8-9,11-12H2,1H3,(H,22,25)(H,23,26). The number of rotatable bonds is 6. The molecule has 0 unspecified atom stereocenters. The molecule has 1 aliphatic rings. The largest absolute Gasteiger partial charge is 0.326 e. The monoisotopic (exact) mass is 416 g/mol. The Morgan fingerprint density at radius 1 is 1.10 bits per heavy atom. The first kappa shape index (κ1) is 20.9. The summed E-state index contributed by atoms with van der Waals surface area (Å²) in [6.07, 6.45) is 4.11. The maximum Gasteiger partial charge on any atom is 0.244 e. The molecule has 0 atom stereocenters. The second-order valence-electron chi connectivity index (χ2n) is 6.84. The van der Waals surface area contributed by atoms with Crippen molar-refractivity contribution in [3.63, 3.8) is 0 Å². The van der Waals surface area contributed by atoms with E-state index < -0.39 is 10.0 Å². The minimum Gasteiger partial charge on any atom is -0.326 e. The second-order valence-corrected chi connectivity index (χ2v) is 8.78. The molecule has 1 aliphatic heterocycles. The molecule has 0 bridgehead atoms. The lowest BCUT2D eigenvalue weighted by molar-refractivity contribution is -0.121. The highest BCUT2D eigenvalue weighted by atomic mass is 32.2. The lowest BCUT2D eigenvalue weighted by Crippen LogP contribution is -2.41. The summed E-state index contributed by atoms with van der Waals surface area (Å²) in [7, 11) is -3.59. The topological polar surface area (TPSA) is 108 Å². The SMILES string of the molecule is CCC(=O)Nc1cccc(NC(=O)C2CCN(S(=O)(=O)c3cccnc3)CC2)c1.